The van der Waals surface area contributed by atoms with E-state index in [1.807, 2.05) is 13.0 Å². The summed E-state index contributed by atoms with van der Waals surface area (Å²) in [6.07, 6.45) is 1.84. The predicted molar refractivity (Wildman–Crippen MR) is 68.1 cm³/mol. The Hall–Kier alpha value is -2.10. The van der Waals surface area contributed by atoms with E-state index in [-0.39, 0.29) is 16.4 Å². The van der Waals surface area contributed by atoms with Crippen LogP contribution < -0.4 is 5.43 Å². The number of aromatic carboxylic acids is 1. The average Bonchev–Trinajstić information content (AvgIpc) is 3.08. The Labute approximate surface area is 103 Å². The number of benzene rings is 1. The lowest BCUT2D eigenvalue weighted by Gasteiger charge is -2.13. The number of carbonyl (C=O) groups is 1. The average molecular weight is 243 g/mol. The van der Waals surface area contributed by atoms with Gasteiger partial charge in [-0.25, -0.2) is 4.79 Å². The van der Waals surface area contributed by atoms with E-state index in [1.54, 1.807) is 18.2 Å². The molecule has 4 nitrogen and oxygen atoms in total. The number of carboxylic acids is 1. The minimum Gasteiger partial charge on any atom is -0.477 e. The Bertz CT molecular complexity index is 711. The van der Waals surface area contributed by atoms with Crippen molar-refractivity contribution in [1.29, 1.82) is 0 Å². The van der Waals surface area contributed by atoms with Crippen molar-refractivity contribution in [3.63, 3.8) is 0 Å². The molecule has 1 aliphatic rings. The number of para-hydroxylation sites is 1. The van der Waals surface area contributed by atoms with Gasteiger partial charge in [-0.1, -0.05) is 19.1 Å². The summed E-state index contributed by atoms with van der Waals surface area (Å²) in [5, 5.41) is 9.71. The van der Waals surface area contributed by atoms with E-state index in [0.29, 0.717) is 16.6 Å². The summed E-state index contributed by atoms with van der Waals surface area (Å²) < 4.78 is 0. The van der Waals surface area contributed by atoms with Crippen molar-refractivity contribution in [2.24, 2.45) is 0 Å². The summed E-state index contributed by atoms with van der Waals surface area (Å²) >= 11 is 0. The van der Waals surface area contributed by atoms with Gasteiger partial charge in [0.2, 0.25) is 5.43 Å². The molecule has 1 aromatic heterocycles. The van der Waals surface area contributed by atoms with Gasteiger partial charge in [0.05, 0.1) is 0 Å². The second-order valence-corrected chi connectivity index (χ2v) is 5.12. The van der Waals surface area contributed by atoms with Crippen molar-refractivity contribution in [3.05, 3.63) is 45.7 Å². The van der Waals surface area contributed by atoms with Crippen molar-refractivity contribution in [2.45, 2.75) is 25.2 Å². The topological polar surface area (TPSA) is 70.2 Å². The van der Waals surface area contributed by atoms with Gasteiger partial charge in [-0.15, -0.1) is 0 Å². The number of rotatable bonds is 2. The summed E-state index contributed by atoms with van der Waals surface area (Å²) in [6.45, 7) is 1.99. The largest absolute Gasteiger partial charge is 0.477 e. The Balaban J connectivity index is 2.44. The van der Waals surface area contributed by atoms with Gasteiger partial charge in [-0.05, 0) is 25.0 Å². The number of fused-ring (bicyclic) bond motifs is 1. The number of hydrogen-bond acceptors (Lipinski definition) is 2. The maximum atomic E-state index is 12.3. The molecule has 2 N–H and O–H groups in total. The highest BCUT2D eigenvalue weighted by molar-refractivity contribution is 5.94. The number of H-pyrrole nitrogens is 1. The maximum Gasteiger partial charge on any atom is 0.341 e. The van der Waals surface area contributed by atoms with E-state index >= 15 is 0 Å². The number of aromatic nitrogens is 1. The number of pyridine rings is 1. The molecule has 0 amide bonds. The Morgan fingerprint density at radius 1 is 1.33 bits per heavy atom. The monoisotopic (exact) mass is 243 g/mol. The third-order valence-electron chi connectivity index (χ3n) is 3.73. The first-order chi connectivity index (χ1) is 8.53. The lowest BCUT2D eigenvalue weighted by molar-refractivity contribution is 0.0693. The second-order valence-electron chi connectivity index (χ2n) is 5.12. The van der Waals surface area contributed by atoms with Gasteiger partial charge in [0.25, 0.3) is 0 Å². The van der Waals surface area contributed by atoms with Crippen molar-refractivity contribution in [2.75, 3.05) is 0 Å². The third-order valence-corrected chi connectivity index (χ3v) is 3.73. The van der Waals surface area contributed by atoms with Crippen molar-refractivity contribution >= 4 is 16.9 Å². The molecule has 1 saturated carbocycles. The molecule has 0 radical (unpaired) electrons. The molecule has 0 unspecified atom stereocenters. The molecular formula is C14H13NO3. The quantitative estimate of drug-likeness (QED) is 0.850. The Morgan fingerprint density at radius 3 is 2.61 bits per heavy atom. The first-order valence-corrected chi connectivity index (χ1v) is 5.92. The van der Waals surface area contributed by atoms with E-state index in [0.717, 1.165) is 12.8 Å². The number of hydrogen-bond donors (Lipinski definition) is 2. The molecule has 1 fully saturated rings. The summed E-state index contributed by atoms with van der Waals surface area (Å²) in [4.78, 5) is 26.7. The highest BCUT2D eigenvalue weighted by Crippen LogP contribution is 2.47. The smallest absolute Gasteiger partial charge is 0.341 e. The van der Waals surface area contributed by atoms with E-state index in [2.05, 4.69) is 4.98 Å². The van der Waals surface area contributed by atoms with Crippen molar-refractivity contribution in [1.82, 2.24) is 4.98 Å². The standard InChI is InChI=1S/C14H13NO3/c1-14(6-7-14)12-10(13(17)18)11(16)8-4-2-3-5-9(8)15-12/h2-5H,6-7H2,1H3,(H,15,16)(H,17,18). The Morgan fingerprint density at radius 2 is 2.00 bits per heavy atom. The molecule has 0 bridgehead atoms. The molecule has 1 aliphatic carbocycles. The maximum absolute atomic E-state index is 12.3. The summed E-state index contributed by atoms with van der Waals surface area (Å²) in [5.74, 6) is -1.15. The molecular weight excluding hydrogens is 230 g/mol. The van der Waals surface area contributed by atoms with Gasteiger partial charge in [-0.3, -0.25) is 4.79 Å². The molecule has 92 valence electrons. The van der Waals surface area contributed by atoms with E-state index < -0.39 is 5.97 Å². The van der Waals surface area contributed by atoms with Crippen molar-refractivity contribution < 1.29 is 9.90 Å². The van der Waals surface area contributed by atoms with Gasteiger partial charge < -0.3 is 10.1 Å². The van der Waals surface area contributed by atoms with Crippen LogP contribution in [0.3, 0.4) is 0 Å². The molecule has 3 rings (SSSR count). The first-order valence-electron chi connectivity index (χ1n) is 5.92. The van der Waals surface area contributed by atoms with Gasteiger partial charge >= 0.3 is 5.97 Å². The van der Waals surface area contributed by atoms with Crippen LogP contribution in [0.5, 0.6) is 0 Å². The zero-order chi connectivity index (χ0) is 12.9. The molecule has 0 atom stereocenters. The molecule has 0 spiro atoms. The minimum atomic E-state index is -1.15. The minimum absolute atomic E-state index is 0.103. The fraction of sp³-hybridized carbons (Fsp3) is 0.286. The number of nitrogens with one attached hydrogen (secondary N) is 1. The van der Waals surface area contributed by atoms with Gasteiger partial charge in [0, 0.05) is 22.0 Å². The predicted octanol–water partition coefficient (Wildman–Crippen LogP) is 2.28. The molecule has 2 aromatic rings. The van der Waals surface area contributed by atoms with Crippen LogP contribution in [0, 0.1) is 0 Å². The highest BCUT2D eigenvalue weighted by Gasteiger charge is 2.43. The first kappa shape index (κ1) is 11.0. The third kappa shape index (κ3) is 1.45. The van der Waals surface area contributed by atoms with Crippen LogP contribution in [0.4, 0.5) is 0 Å². The van der Waals surface area contributed by atoms with Crippen LogP contribution in [0.25, 0.3) is 10.9 Å². The van der Waals surface area contributed by atoms with Crippen LogP contribution >= 0.6 is 0 Å². The van der Waals surface area contributed by atoms with E-state index in [1.165, 1.54) is 0 Å². The Kier molecular flexibility index (Phi) is 2.11. The molecule has 4 heteroatoms. The lowest BCUT2D eigenvalue weighted by atomic mass is 9.97. The van der Waals surface area contributed by atoms with Crippen LogP contribution in [0.15, 0.2) is 29.1 Å². The summed E-state index contributed by atoms with van der Waals surface area (Å²) in [5.41, 5.74) is 0.597. The fourth-order valence-electron chi connectivity index (χ4n) is 2.33. The highest BCUT2D eigenvalue weighted by atomic mass is 16.4. The summed E-state index contributed by atoms with van der Waals surface area (Å²) in [7, 11) is 0. The molecule has 18 heavy (non-hydrogen) atoms. The molecule has 1 heterocycles. The van der Waals surface area contributed by atoms with Crippen LogP contribution in [-0.2, 0) is 5.41 Å². The van der Waals surface area contributed by atoms with E-state index in [4.69, 9.17) is 0 Å². The zero-order valence-electron chi connectivity index (χ0n) is 9.99. The summed E-state index contributed by atoms with van der Waals surface area (Å²) in [6, 6.07) is 7.02. The van der Waals surface area contributed by atoms with Gasteiger partial charge in [-0.2, -0.15) is 0 Å². The zero-order valence-corrected chi connectivity index (χ0v) is 9.99. The number of carboxylic acid groups (broad SMARTS) is 1. The van der Waals surface area contributed by atoms with Crippen molar-refractivity contribution in [3.8, 4) is 0 Å². The van der Waals surface area contributed by atoms with Crippen LogP contribution in [0.1, 0.15) is 35.8 Å². The second kappa shape index (κ2) is 3.45. The number of aromatic amines is 1. The van der Waals surface area contributed by atoms with Gasteiger partial charge in [0.1, 0.15) is 5.56 Å². The normalized spacial score (nSPS) is 16.7. The fourth-order valence-corrected chi connectivity index (χ4v) is 2.33. The molecule has 1 aromatic carbocycles. The van der Waals surface area contributed by atoms with Crippen LogP contribution in [-0.4, -0.2) is 16.1 Å². The lowest BCUT2D eigenvalue weighted by Crippen LogP contribution is -2.23. The van der Waals surface area contributed by atoms with Crippen LogP contribution in [0.2, 0.25) is 0 Å². The van der Waals surface area contributed by atoms with Gasteiger partial charge in [0.15, 0.2) is 0 Å². The molecule has 0 aliphatic heterocycles. The van der Waals surface area contributed by atoms with E-state index in [9.17, 15) is 14.7 Å². The SMILES string of the molecule is CC1(c2[nH]c3ccccc3c(=O)c2C(=O)O)CC1. The molecule has 0 saturated heterocycles.